The van der Waals surface area contributed by atoms with Gasteiger partial charge in [-0.2, -0.15) is 9.61 Å². The van der Waals surface area contributed by atoms with Crippen molar-refractivity contribution in [2.45, 2.75) is 18.8 Å². The first-order chi connectivity index (χ1) is 14.5. The molecular weight excluding hydrogens is 380 g/mol. The molecule has 0 N–H and O–H groups in total. The van der Waals surface area contributed by atoms with Crippen LogP contribution in [0.3, 0.4) is 0 Å². The number of para-hydroxylation sites is 1. The summed E-state index contributed by atoms with van der Waals surface area (Å²) < 4.78 is 3.61. The Morgan fingerprint density at radius 1 is 1.03 bits per heavy atom. The first-order valence-electron chi connectivity index (χ1n) is 10.1. The van der Waals surface area contributed by atoms with Gasteiger partial charge in [-0.05, 0) is 31.0 Å². The van der Waals surface area contributed by atoms with Gasteiger partial charge in [-0.25, -0.2) is 0 Å². The lowest BCUT2D eigenvalue weighted by atomic mass is 9.96. The van der Waals surface area contributed by atoms with Crippen LogP contribution in [-0.4, -0.2) is 67.6 Å². The van der Waals surface area contributed by atoms with E-state index in [0.29, 0.717) is 18.8 Å². The number of carbonyl (C=O) groups is 1. The molecule has 0 saturated carbocycles. The second-order valence-electron chi connectivity index (χ2n) is 7.97. The van der Waals surface area contributed by atoms with Gasteiger partial charge in [-0.3, -0.25) is 9.48 Å². The van der Waals surface area contributed by atoms with Crippen LogP contribution in [0.4, 0.5) is 5.82 Å². The van der Waals surface area contributed by atoms with Gasteiger partial charge in [0, 0.05) is 45.5 Å². The second kappa shape index (κ2) is 7.08. The van der Waals surface area contributed by atoms with E-state index in [1.54, 1.807) is 4.68 Å². The molecule has 1 aliphatic heterocycles. The number of anilines is 1. The molecule has 0 aliphatic carbocycles. The molecule has 1 aliphatic rings. The zero-order valence-corrected chi connectivity index (χ0v) is 17.4. The molecule has 1 fully saturated rings. The van der Waals surface area contributed by atoms with Crippen LogP contribution in [0.2, 0.25) is 0 Å². The molecule has 0 atom stereocenters. The maximum Gasteiger partial charge on any atom is 0.275 e. The number of nitrogens with zero attached hydrogens (tertiary/aromatic N) is 8. The van der Waals surface area contributed by atoms with E-state index in [0.717, 1.165) is 41.0 Å². The van der Waals surface area contributed by atoms with Crippen molar-refractivity contribution in [1.29, 1.82) is 0 Å². The zero-order chi connectivity index (χ0) is 20.8. The Hall–Kier alpha value is -3.49. The van der Waals surface area contributed by atoms with Gasteiger partial charge < -0.3 is 9.80 Å². The Morgan fingerprint density at radius 3 is 2.57 bits per heavy atom. The molecule has 0 spiro atoms. The number of hydrogen-bond acceptors (Lipinski definition) is 6. The second-order valence-corrected chi connectivity index (χ2v) is 7.97. The first kappa shape index (κ1) is 18.5. The van der Waals surface area contributed by atoms with Crippen molar-refractivity contribution in [3.63, 3.8) is 0 Å². The Balaban J connectivity index is 1.36. The van der Waals surface area contributed by atoms with Crippen LogP contribution in [0, 0.1) is 0 Å². The van der Waals surface area contributed by atoms with Gasteiger partial charge in [0.05, 0.1) is 5.52 Å². The highest BCUT2D eigenvalue weighted by Gasteiger charge is 2.29. The summed E-state index contributed by atoms with van der Waals surface area (Å²) in [5.41, 5.74) is 2.24. The number of aromatic nitrogens is 6. The number of rotatable bonds is 3. The SMILES string of the molecule is CN(C)c1ccc2nnc(C3CCN(C(=O)c4nn(C)c5ccccc45)CC3)n2n1. The molecule has 30 heavy (non-hydrogen) atoms. The minimum atomic E-state index is -0.00984. The molecule has 1 aromatic carbocycles. The number of amides is 1. The van der Waals surface area contributed by atoms with Crippen molar-refractivity contribution in [1.82, 2.24) is 34.5 Å². The van der Waals surface area contributed by atoms with Crippen LogP contribution in [0.1, 0.15) is 35.1 Å². The maximum atomic E-state index is 13.2. The minimum Gasteiger partial charge on any atom is -0.361 e. The maximum absolute atomic E-state index is 13.2. The highest BCUT2D eigenvalue weighted by Crippen LogP contribution is 2.29. The average molecular weight is 404 g/mol. The number of fused-ring (bicyclic) bond motifs is 2. The van der Waals surface area contributed by atoms with Crippen molar-refractivity contribution < 1.29 is 4.79 Å². The molecule has 1 amide bonds. The first-order valence-corrected chi connectivity index (χ1v) is 10.1. The average Bonchev–Trinajstić information content (AvgIpc) is 3.34. The van der Waals surface area contributed by atoms with Gasteiger partial charge in [0.15, 0.2) is 17.2 Å². The third-order valence-electron chi connectivity index (χ3n) is 5.84. The predicted octanol–water partition coefficient (Wildman–Crippen LogP) is 2.10. The lowest BCUT2D eigenvalue weighted by Gasteiger charge is -2.30. The van der Waals surface area contributed by atoms with Crippen LogP contribution in [-0.2, 0) is 7.05 Å². The summed E-state index contributed by atoms with van der Waals surface area (Å²) in [5, 5.41) is 18.7. The van der Waals surface area contributed by atoms with Crippen molar-refractivity contribution in [2.24, 2.45) is 7.05 Å². The predicted molar refractivity (Wildman–Crippen MR) is 114 cm³/mol. The Morgan fingerprint density at radius 2 is 1.80 bits per heavy atom. The van der Waals surface area contributed by atoms with Gasteiger partial charge in [0.1, 0.15) is 5.82 Å². The van der Waals surface area contributed by atoms with E-state index >= 15 is 0 Å². The molecular formula is C21H24N8O. The normalized spacial score (nSPS) is 15.2. The van der Waals surface area contributed by atoms with Crippen molar-refractivity contribution >= 4 is 28.3 Å². The van der Waals surface area contributed by atoms with E-state index in [2.05, 4.69) is 20.4 Å². The molecule has 154 valence electrons. The molecule has 3 aromatic heterocycles. The quantitative estimate of drug-likeness (QED) is 0.520. The summed E-state index contributed by atoms with van der Waals surface area (Å²) in [6.07, 6.45) is 1.65. The van der Waals surface area contributed by atoms with Gasteiger partial charge in [-0.15, -0.1) is 15.3 Å². The molecule has 1 saturated heterocycles. The molecule has 0 bridgehead atoms. The van der Waals surface area contributed by atoms with Crippen LogP contribution < -0.4 is 4.90 Å². The molecule has 4 aromatic rings. The van der Waals surface area contributed by atoms with E-state index in [-0.39, 0.29) is 11.8 Å². The zero-order valence-electron chi connectivity index (χ0n) is 17.4. The fraction of sp³-hybridized carbons (Fsp3) is 0.381. The molecule has 5 rings (SSSR count). The number of hydrogen-bond donors (Lipinski definition) is 0. The molecule has 9 heteroatoms. The summed E-state index contributed by atoms with van der Waals surface area (Å²) in [6.45, 7) is 1.33. The smallest absolute Gasteiger partial charge is 0.275 e. The fourth-order valence-corrected chi connectivity index (χ4v) is 4.15. The molecule has 4 heterocycles. The third-order valence-corrected chi connectivity index (χ3v) is 5.84. The highest BCUT2D eigenvalue weighted by atomic mass is 16.2. The summed E-state index contributed by atoms with van der Waals surface area (Å²) >= 11 is 0. The lowest BCUT2D eigenvalue weighted by Crippen LogP contribution is -2.38. The summed E-state index contributed by atoms with van der Waals surface area (Å²) in [5.74, 6) is 1.93. The summed E-state index contributed by atoms with van der Waals surface area (Å²) in [4.78, 5) is 17.0. The topological polar surface area (TPSA) is 84.5 Å². The number of carbonyl (C=O) groups excluding carboxylic acids is 1. The third kappa shape index (κ3) is 2.97. The largest absolute Gasteiger partial charge is 0.361 e. The Bertz CT molecular complexity index is 1230. The van der Waals surface area contributed by atoms with Crippen molar-refractivity contribution in [2.75, 3.05) is 32.1 Å². The van der Waals surface area contributed by atoms with E-state index < -0.39 is 0 Å². The highest BCUT2D eigenvalue weighted by molar-refractivity contribution is 6.04. The van der Waals surface area contributed by atoms with E-state index in [1.165, 1.54) is 0 Å². The monoisotopic (exact) mass is 404 g/mol. The van der Waals surface area contributed by atoms with Crippen molar-refractivity contribution in [3.8, 4) is 0 Å². The Kier molecular flexibility index (Phi) is 4.38. The fourth-order valence-electron chi connectivity index (χ4n) is 4.15. The van der Waals surface area contributed by atoms with Crippen molar-refractivity contribution in [3.05, 3.63) is 47.9 Å². The van der Waals surface area contributed by atoms with E-state index in [1.807, 2.05) is 71.9 Å². The molecule has 0 unspecified atom stereocenters. The number of benzene rings is 1. The van der Waals surface area contributed by atoms with Gasteiger partial charge in [-0.1, -0.05) is 18.2 Å². The molecule has 0 radical (unpaired) electrons. The summed E-state index contributed by atoms with van der Waals surface area (Å²) in [7, 11) is 5.80. The lowest BCUT2D eigenvalue weighted by molar-refractivity contribution is 0.0706. The van der Waals surface area contributed by atoms with Crippen LogP contribution in [0.25, 0.3) is 16.6 Å². The van der Waals surface area contributed by atoms with Crippen LogP contribution in [0.15, 0.2) is 36.4 Å². The number of piperidine rings is 1. The van der Waals surface area contributed by atoms with Gasteiger partial charge >= 0.3 is 0 Å². The standard InChI is InChI=1S/C21H24N8O/c1-26(2)18-9-8-17-22-23-20(29(17)24-18)14-10-12-28(13-11-14)21(30)19-15-6-4-5-7-16(15)27(3)25-19/h4-9,14H,10-13H2,1-3H3. The van der Waals surface area contributed by atoms with E-state index in [9.17, 15) is 4.79 Å². The van der Waals surface area contributed by atoms with Crippen LogP contribution >= 0.6 is 0 Å². The van der Waals surface area contributed by atoms with Gasteiger partial charge in [0.25, 0.3) is 5.91 Å². The van der Waals surface area contributed by atoms with E-state index in [4.69, 9.17) is 0 Å². The Labute approximate surface area is 173 Å². The number of likely N-dealkylation sites (tertiary alicyclic amines) is 1. The summed E-state index contributed by atoms with van der Waals surface area (Å²) in [6, 6.07) is 11.7. The van der Waals surface area contributed by atoms with Gasteiger partial charge in [0.2, 0.25) is 0 Å². The van der Waals surface area contributed by atoms with Crippen LogP contribution in [0.5, 0.6) is 0 Å². The number of aryl methyl sites for hydroxylation is 1. The molecule has 9 nitrogen and oxygen atoms in total. The minimum absolute atomic E-state index is 0.00984.